The van der Waals surface area contributed by atoms with E-state index in [2.05, 4.69) is 21.2 Å². The van der Waals surface area contributed by atoms with Crippen molar-refractivity contribution in [2.45, 2.75) is 12.7 Å². The summed E-state index contributed by atoms with van der Waals surface area (Å²) in [4.78, 5) is 0. The van der Waals surface area contributed by atoms with E-state index in [1.54, 1.807) is 12.1 Å². The molecule has 0 aromatic heterocycles. The topological polar surface area (TPSA) is 32.3 Å². The summed E-state index contributed by atoms with van der Waals surface area (Å²) in [5.74, 6) is -0.0110. The van der Waals surface area contributed by atoms with Crippen molar-refractivity contribution in [2.24, 2.45) is 0 Å². The van der Waals surface area contributed by atoms with E-state index in [9.17, 15) is 18.3 Å². The maximum absolute atomic E-state index is 12.8. The molecule has 0 amide bonds. The maximum atomic E-state index is 12.8. The van der Waals surface area contributed by atoms with Crippen LogP contribution in [0.5, 0.6) is 5.75 Å². The number of phenols is 1. The number of phenolic OH excluding ortho intramolecular Hbond substituents is 1. The van der Waals surface area contributed by atoms with Crippen LogP contribution in [0.4, 0.5) is 18.9 Å². The van der Waals surface area contributed by atoms with E-state index in [0.717, 1.165) is 6.07 Å². The number of benzene rings is 2. The van der Waals surface area contributed by atoms with Crippen molar-refractivity contribution in [1.82, 2.24) is 0 Å². The minimum absolute atomic E-state index is 0.0110. The van der Waals surface area contributed by atoms with Gasteiger partial charge in [0.2, 0.25) is 0 Å². The third-order valence-electron chi connectivity index (χ3n) is 2.84. The minimum Gasteiger partial charge on any atom is -0.508 e. The molecule has 0 fully saturated rings. The summed E-state index contributed by atoms with van der Waals surface area (Å²) in [5, 5.41) is 12.8. The first-order chi connectivity index (χ1) is 9.79. The highest BCUT2D eigenvalue weighted by Gasteiger charge is 2.33. The van der Waals surface area contributed by atoms with Gasteiger partial charge in [-0.25, -0.2) is 0 Å². The molecule has 0 unspecified atom stereocenters. The van der Waals surface area contributed by atoms with Crippen molar-refractivity contribution in [1.29, 1.82) is 0 Å². The first-order valence-corrected chi connectivity index (χ1v) is 7.03. The van der Waals surface area contributed by atoms with Gasteiger partial charge in [-0.15, -0.1) is 0 Å². The first kappa shape index (κ1) is 16.0. The predicted molar refractivity (Wildman–Crippen MR) is 79.6 cm³/mol. The third-order valence-corrected chi connectivity index (χ3v) is 3.88. The second-order valence-corrected chi connectivity index (χ2v) is 5.54. The van der Waals surface area contributed by atoms with Crippen molar-refractivity contribution in [3.8, 4) is 5.75 Å². The van der Waals surface area contributed by atoms with Gasteiger partial charge in [-0.1, -0.05) is 33.6 Å². The lowest BCUT2D eigenvalue weighted by molar-refractivity contribution is -0.138. The Bertz CT molecular complexity index is 641. The zero-order chi connectivity index (χ0) is 15.6. The van der Waals surface area contributed by atoms with Gasteiger partial charge in [0, 0.05) is 27.3 Å². The van der Waals surface area contributed by atoms with Crippen molar-refractivity contribution in [3.05, 3.63) is 57.0 Å². The van der Waals surface area contributed by atoms with Crippen LogP contribution in [0.2, 0.25) is 5.02 Å². The number of halogens is 5. The molecule has 7 heteroatoms. The lowest BCUT2D eigenvalue weighted by Gasteiger charge is -2.13. The van der Waals surface area contributed by atoms with Crippen LogP contribution in [0.25, 0.3) is 0 Å². The van der Waals surface area contributed by atoms with E-state index in [1.165, 1.54) is 18.2 Å². The third kappa shape index (κ3) is 3.83. The van der Waals surface area contributed by atoms with Gasteiger partial charge in [0.05, 0.1) is 5.56 Å². The summed E-state index contributed by atoms with van der Waals surface area (Å²) in [6, 6.07) is 8.47. The van der Waals surface area contributed by atoms with Gasteiger partial charge in [-0.3, -0.25) is 0 Å². The molecule has 21 heavy (non-hydrogen) atoms. The molecule has 0 spiro atoms. The lowest BCUT2D eigenvalue weighted by atomic mass is 10.1. The molecule has 0 aliphatic heterocycles. The van der Waals surface area contributed by atoms with E-state index in [0.29, 0.717) is 10.6 Å². The van der Waals surface area contributed by atoms with Gasteiger partial charge in [-0.05, 0) is 30.3 Å². The van der Waals surface area contributed by atoms with Gasteiger partial charge in [0.25, 0.3) is 0 Å². The Labute approximate surface area is 132 Å². The molecule has 112 valence electrons. The molecule has 2 N–H and O–H groups in total. The van der Waals surface area contributed by atoms with E-state index in [-0.39, 0.29) is 22.5 Å². The molecule has 0 saturated carbocycles. The summed E-state index contributed by atoms with van der Waals surface area (Å²) >= 11 is 8.81. The van der Waals surface area contributed by atoms with Gasteiger partial charge < -0.3 is 10.4 Å². The average molecular weight is 381 g/mol. The van der Waals surface area contributed by atoms with Crippen molar-refractivity contribution < 1.29 is 18.3 Å². The molecule has 0 aliphatic rings. The summed E-state index contributed by atoms with van der Waals surface area (Å²) in [6.07, 6.45) is -4.44. The van der Waals surface area contributed by atoms with Crippen LogP contribution in [0.3, 0.4) is 0 Å². The smallest absolute Gasteiger partial charge is 0.417 e. The van der Waals surface area contributed by atoms with Crippen molar-refractivity contribution in [2.75, 3.05) is 5.32 Å². The van der Waals surface area contributed by atoms with E-state index in [4.69, 9.17) is 11.6 Å². The average Bonchev–Trinajstić information content (AvgIpc) is 2.38. The Morgan fingerprint density at radius 2 is 1.90 bits per heavy atom. The largest absolute Gasteiger partial charge is 0.508 e. The van der Waals surface area contributed by atoms with E-state index >= 15 is 0 Å². The number of hydrogen-bond donors (Lipinski definition) is 2. The monoisotopic (exact) mass is 379 g/mol. The molecule has 0 heterocycles. The molecule has 0 saturated heterocycles. The summed E-state index contributed by atoms with van der Waals surface area (Å²) in [7, 11) is 0. The molecule has 0 aliphatic carbocycles. The van der Waals surface area contributed by atoms with Crippen molar-refractivity contribution in [3.63, 3.8) is 0 Å². The second kappa shape index (κ2) is 6.15. The van der Waals surface area contributed by atoms with Gasteiger partial charge >= 0.3 is 6.18 Å². The molecule has 2 rings (SSSR count). The highest BCUT2D eigenvalue weighted by molar-refractivity contribution is 9.10. The number of hydrogen-bond acceptors (Lipinski definition) is 2. The summed E-state index contributed by atoms with van der Waals surface area (Å²) in [6.45, 7) is 0.116. The fourth-order valence-electron chi connectivity index (χ4n) is 1.77. The Balaban J connectivity index is 2.22. The Hall–Kier alpha value is -1.40. The fraction of sp³-hybridized carbons (Fsp3) is 0.143. The number of alkyl halides is 3. The number of nitrogens with one attached hydrogen (secondary N) is 1. The summed E-state index contributed by atoms with van der Waals surface area (Å²) < 4.78 is 38.4. The van der Waals surface area contributed by atoms with Crippen LogP contribution in [-0.4, -0.2) is 5.11 Å². The van der Waals surface area contributed by atoms with Gasteiger partial charge in [0.1, 0.15) is 5.75 Å². The Morgan fingerprint density at radius 1 is 1.19 bits per heavy atom. The highest BCUT2D eigenvalue weighted by Crippen LogP contribution is 2.36. The highest BCUT2D eigenvalue weighted by atomic mass is 79.9. The van der Waals surface area contributed by atoms with Crippen LogP contribution in [0.1, 0.15) is 11.1 Å². The first-order valence-electron chi connectivity index (χ1n) is 5.86. The predicted octanol–water partition coefficient (Wildman–Crippen LogP) is 5.44. The zero-order valence-electron chi connectivity index (χ0n) is 10.5. The van der Waals surface area contributed by atoms with Crippen LogP contribution in [0, 0.1) is 0 Å². The molecule has 2 nitrogen and oxygen atoms in total. The number of rotatable bonds is 3. The lowest BCUT2D eigenvalue weighted by Crippen LogP contribution is -2.08. The van der Waals surface area contributed by atoms with Crippen molar-refractivity contribution >= 4 is 33.2 Å². The van der Waals surface area contributed by atoms with Crippen LogP contribution in [-0.2, 0) is 12.7 Å². The second-order valence-electron chi connectivity index (χ2n) is 4.28. The van der Waals surface area contributed by atoms with Crippen LogP contribution in [0.15, 0.2) is 40.9 Å². The molecule has 0 atom stereocenters. The molecule has 2 aromatic rings. The van der Waals surface area contributed by atoms with Crippen LogP contribution < -0.4 is 5.32 Å². The van der Waals surface area contributed by atoms with Gasteiger partial charge in [-0.2, -0.15) is 13.2 Å². The Morgan fingerprint density at radius 3 is 2.52 bits per heavy atom. The molecular formula is C14H10BrClF3NO. The summed E-state index contributed by atoms with van der Waals surface area (Å²) in [5.41, 5.74) is -0.0589. The quantitative estimate of drug-likeness (QED) is 0.743. The molecule has 2 aromatic carbocycles. The van der Waals surface area contributed by atoms with E-state index < -0.39 is 11.7 Å². The van der Waals surface area contributed by atoms with Crippen LogP contribution >= 0.6 is 27.5 Å². The maximum Gasteiger partial charge on any atom is 0.417 e. The SMILES string of the molecule is Oc1cccc(Cl)c1CNc1ccc(Br)c(C(F)(F)F)c1. The molecule has 0 radical (unpaired) electrons. The fourth-order valence-corrected chi connectivity index (χ4v) is 2.47. The normalized spacial score (nSPS) is 11.5. The Kier molecular flexibility index (Phi) is 4.68. The minimum atomic E-state index is -4.44. The standard InChI is InChI=1S/C14H10BrClF3NO/c15-11-5-4-8(6-10(11)14(17,18)19)20-7-9-12(16)2-1-3-13(9)21/h1-6,20-21H,7H2. The zero-order valence-corrected chi connectivity index (χ0v) is 12.9. The van der Waals surface area contributed by atoms with E-state index in [1.807, 2.05) is 0 Å². The van der Waals surface area contributed by atoms with Gasteiger partial charge in [0.15, 0.2) is 0 Å². The number of anilines is 1. The molecular weight excluding hydrogens is 371 g/mol. The molecule has 0 bridgehead atoms. The number of aromatic hydroxyl groups is 1.